The van der Waals surface area contributed by atoms with E-state index in [-0.39, 0.29) is 50.7 Å². The molecule has 3 amide bonds. The van der Waals surface area contributed by atoms with E-state index < -0.39 is 65.1 Å². The van der Waals surface area contributed by atoms with E-state index in [1.807, 2.05) is 39.2 Å². The molecule has 4 aromatic rings. The number of pyridine rings is 2. The lowest BCUT2D eigenvalue weighted by atomic mass is 9.80. The van der Waals surface area contributed by atoms with Crippen LogP contribution < -0.4 is 22.5 Å². The van der Waals surface area contributed by atoms with Crippen molar-refractivity contribution in [3.63, 3.8) is 0 Å². The number of primary amides is 2. The average Bonchev–Trinajstić information content (AvgIpc) is 4.22. The van der Waals surface area contributed by atoms with Gasteiger partial charge >= 0.3 is 18.3 Å². The minimum Gasteiger partial charge on any atom is -0.481 e. The first-order chi connectivity index (χ1) is 32.3. The number of carboxylic acids is 1. The van der Waals surface area contributed by atoms with Crippen molar-refractivity contribution in [2.75, 3.05) is 41.3 Å². The minimum absolute atomic E-state index is 0.00320. The van der Waals surface area contributed by atoms with Crippen molar-refractivity contribution in [2.45, 2.75) is 87.6 Å². The monoisotopic (exact) mass is 1010 g/mol. The molecule has 2 heterocycles. The molecule has 2 aliphatic rings. The van der Waals surface area contributed by atoms with Crippen molar-refractivity contribution in [3.8, 4) is 0 Å². The molecule has 4 atom stereocenters. The molecule has 2 aliphatic carbocycles. The number of carboxylic acid groups (broad SMARTS) is 1. The highest BCUT2D eigenvalue weighted by Gasteiger charge is 2.68. The summed E-state index contributed by atoms with van der Waals surface area (Å²) in [6.07, 6.45) is -2.63. The number of nitrogens with zero attached hydrogens (tertiary/aromatic N) is 4. The smallest absolute Gasteiger partial charge is 0.395 e. The van der Waals surface area contributed by atoms with Crippen molar-refractivity contribution in [2.24, 2.45) is 28.0 Å². The van der Waals surface area contributed by atoms with Gasteiger partial charge in [0.1, 0.15) is 0 Å². The summed E-state index contributed by atoms with van der Waals surface area (Å²) in [6, 6.07) is 16.0. The third-order valence-corrected chi connectivity index (χ3v) is 13.6. The van der Waals surface area contributed by atoms with Crippen LogP contribution in [0.2, 0.25) is 10.0 Å². The summed E-state index contributed by atoms with van der Waals surface area (Å²) in [4.78, 5) is 57.5. The number of amides is 3. The predicted octanol–water partition coefficient (Wildman–Crippen LogP) is 7.79. The molecule has 0 aliphatic heterocycles. The first kappa shape index (κ1) is 56.2. The Morgan fingerprint density at radius 3 is 1.35 bits per heavy atom. The van der Waals surface area contributed by atoms with Crippen molar-refractivity contribution < 1.29 is 50.6 Å². The van der Waals surface area contributed by atoms with Crippen LogP contribution in [0, 0.1) is 10.8 Å². The lowest BCUT2D eigenvalue weighted by Gasteiger charge is -2.30. The van der Waals surface area contributed by atoms with Crippen LogP contribution in [-0.4, -0.2) is 114 Å². The van der Waals surface area contributed by atoms with Crippen molar-refractivity contribution >= 4 is 46.9 Å². The van der Waals surface area contributed by atoms with E-state index in [4.69, 9.17) is 45.5 Å². The van der Waals surface area contributed by atoms with Crippen LogP contribution in [0.4, 0.5) is 26.3 Å². The largest absolute Gasteiger partial charge is 0.481 e. The topological polar surface area (TPSA) is 211 Å². The fourth-order valence-electron chi connectivity index (χ4n) is 8.20. The number of aromatic nitrogens is 2. The molecular weight excluding hydrogens is 953 g/mol. The van der Waals surface area contributed by atoms with E-state index in [2.05, 4.69) is 20.2 Å². The highest BCUT2D eigenvalue weighted by atomic mass is 35.5. The number of carbonyl (C=O) groups is 4. The van der Waals surface area contributed by atoms with Crippen molar-refractivity contribution in [1.29, 1.82) is 0 Å². The Bertz CT molecular complexity index is 2370. The fourth-order valence-corrected chi connectivity index (χ4v) is 8.72. The number of halogens is 8. The van der Waals surface area contributed by atoms with E-state index in [0.717, 1.165) is 17.5 Å². The maximum atomic E-state index is 13.9. The summed E-state index contributed by atoms with van der Waals surface area (Å²) >= 11 is 12.4. The fraction of sp³-hybridized carbons (Fsp3) is 0.458. The SMILES string of the molecule is CN(C)[C@H](CN)Cc1ccc(C(N)=O)cc1Cl.CN(C)[C@H](CNC(=O)CC(c1ccncc1)C1(C(F)(F)F)CC1)Cc1ccc(C(N)=O)cc1Cl.O=C(O)CC(c1ccncc1)C1(C(F)(F)F)CC1. The third-order valence-electron chi connectivity index (χ3n) is 12.9. The Morgan fingerprint density at radius 2 is 1.04 bits per heavy atom. The van der Waals surface area contributed by atoms with Gasteiger partial charge in [0.15, 0.2) is 0 Å². The van der Waals surface area contributed by atoms with Crippen LogP contribution in [0.25, 0.3) is 0 Å². The van der Waals surface area contributed by atoms with Gasteiger partial charge in [-0.3, -0.25) is 29.1 Å². The maximum Gasteiger partial charge on any atom is 0.395 e. The number of benzene rings is 2. The first-order valence-corrected chi connectivity index (χ1v) is 22.6. The molecule has 2 unspecified atom stereocenters. The Morgan fingerprint density at radius 1 is 0.667 bits per heavy atom. The van der Waals surface area contributed by atoms with E-state index in [1.54, 1.807) is 36.4 Å². The number of likely N-dealkylation sites (N-methyl/N-ethyl adjacent to an activating group) is 2. The standard InChI is InChI=1S/C24H28ClF3N4O2.C12H18ClN3O.C12H12F3NO2/c1-32(2)18(11-16-3-4-17(22(29)34)12-20(16)25)14-31-21(33)13-19(15-5-9-30-10-6-15)23(7-8-23)24(26,27)28;1-16(2)10(7-14)5-8-3-4-9(12(15)17)6-11(8)13;13-12(14,15)11(3-4-11)9(7-10(17)18)8-1-5-16-6-2-8/h3-6,9-10,12,18-19H,7-8,11,13-14H2,1-2H3,(H2,29,34)(H,31,33);3-4,6,10H,5,7,14H2,1-2H3,(H2,15,17);1-2,5-6,9H,3-4,7H2,(H,17,18)/t18-,19?;10-;/m00./s1. The maximum absolute atomic E-state index is 13.9. The summed E-state index contributed by atoms with van der Waals surface area (Å²) < 4.78 is 80.8. The van der Waals surface area contributed by atoms with Gasteiger partial charge in [-0.05, 0) is 138 Å². The number of nitrogens with one attached hydrogen (secondary N) is 1. The number of alkyl halides is 6. The Balaban J connectivity index is 0.000000249. The summed E-state index contributed by atoms with van der Waals surface area (Å²) in [5, 5.41) is 12.6. The summed E-state index contributed by atoms with van der Waals surface area (Å²) in [5.41, 5.74) is 15.7. The Labute approximate surface area is 407 Å². The van der Waals surface area contributed by atoms with Gasteiger partial charge < -0.3 is 37.4 Å². The second kappa shape index (κ2) is 24.0. The first-order valence-electron chi connectivity index (χ1n) is 21.9. The second-order valence-corrected chi connectivity index (χ2v) is 18.6. The summed E-state index contributed by atoms with van der Waals surface area (Å²) in [7, 11) is 7.63. The zero-order valence-electron chi connectivity index (χ0n) is 38.6. The molecule has 13 nitrogen and oxygen atoms in total. The van der Waals surface area contributed by atoms with Crippen LogP contribution in [-0.2, 0) is 22.4 Å². The van der Waals surface area contributed by atoms with E-state index in [9.17, 15) is 45.5 Å². The van der Waals surface area contributed by atoms with Gasteiger partial charge in [0.25, 0.3) is 0 Å². The van der Waals surface area contributed by atoms with Gasteiger partial charge in [-0.1, -0.05) is 35.3 Å². The van der Waals surface area contributed by atoms with Crippen LogP contribution in [0.3, 0.4) is 0 Å². The van der Waals surface area contributed by atoms with Gasteiger partial charge in [-0.25, -0.2) is 0 Å². The predicted molar refractivity (Wildman–Crippen MR) is 251 cm³/mol. The van der Waals surface area contributed by atoms with Crippen LogP contribution >= 0.6 is 23.2 Å². The molecule has 6 rings (SSSR count). The molecular formula is C48H58Cl2F6N8O5. The van der Waals surface area contributed by atoms with Gasteiger partial charge in [-0.2, -0.15) is 26.3 Å². The zero-order chi connectivity index (χ0) is 51.5. The molecule has 2 aromatic heterocycles. The Kier molecular flexibility index (Phi) is 19.6. The molecule has 0 spiro atoms. The van der Waals surface area contributed by atoms with Crippen LogP contribution in [0.5, 0.6) is 0 Å². The van der Waals surface area contributed by atoms with E-state index in [0.29, 0.717) is 45.3 Å². The van der Waals surface area contributed by atoms with Gasteiger partial charge in [0, 0.05) is 89.4 Å². The highest BCUT2D eigenvalue weighted by molar-refractivity contribution is 6.32. The molecule has 2 saturated carbocycles. The lowest BCUT2D eigenvalue weighted by Crippen LogP contribution is -2.42. The van der Waals surface area contributed by atoms with Gasteiger partial charge in [0.05, 0.1) is 17.3 Å². The van der Waals surface area contributed by atoms with Crippen LogP contribution in [0.15, 0.2) is 85.5 Å². The van der Waals surface area contributed by atoms with Crippen molar-refractivity contribution in [1.82, 2.24) is 25.1 Å². The lowest BCUT2D eigenvalue weighted by molar-refractivity contribution is -0.196. The quantitative estimate of drug-likeness (QED) is 0.0576. The molecule has 2 aromatic carbocycles. The molecule has 2 fully saturated rings. The van der Waals surface area contributed by atoms with Gasteiger partial charge in [-0.15, -0.1) is 0 Å². The molecule has 376 valence electrons. The number of hydrogen-bond donors (Lipinski definition) is 5. The molecule has 21 heteroatoms. The van der Waals surface area contributed by atoms with E-state index >= 15 is 0 Å². The van der Waals surface area contributed by atoms with Crippen LogP contribution in [0.1, 0.15) is 93.3 Å². The third kappa shape index (κ3) is 15.1. The summed E-state index contributed by atoms with van der Waals surface area (Å²) in [6.45, 7) is 0.780. The van der Waals surface area contributed by atoms with Gasteiger partial charge in [0.2, 0.25) is 17.7 Å². The molecule has 0 bridgehead atoms. The normalized spacial score (nSPS) is 16.4. The molecule has 8 N–H and O–H groups in total. The number of carbonyl (C=O) groups excluding carboxylic acids is 3. The number of hydrogen-bond acceptors (Lipinski definition) is 9. The minimum atomic E-state index is -4.39. The molecule has 0 saturated heterocycles. The number of rotatable bonds is 19. The number of nitrogens with two attached hydrogens (primary N) is 3. The molecule has 69 heavy (non-hydrogen) atoms. The van der Waals surface area contributed by atoms with E-state index in [1.165, 1.54) is 43.0 Å². The highest BCUT2D eigenvalue weighted by Crippen LogP contribution is 2.67. The average molecular weight is 1010 g/mol. The molecule has 0 radical (unpaired) electrons. The Hall–Kier alpha value is -5.34. The summed E-state index contributed by atoms with van der Waals surface area (Å²) in [5.74, 6) is -4.71. The van der Waals surface area contributed by atoms with Crippen molar-refractivity contribution in [3.05, 3.63) is 129 Å². The second-order valence-electron chi connectivity index (χ2n) is 17.8. The number of aliphatic carboxylic acids is 1. The zero-order valence-corrected chi connectivity index (χ0v) is 40.1.